The third-order valence-electron chi connectivity index (χ3n) is 4.03. The number of nitrogens with zero attached hydrogens (tertiary/aromatic N) is 4. The number of carbonyl (C=O) groups is 1. The van der Waals surface area contributed by atoms with Crippen LogP contribution in [0.1, 0.15) is 19.4 Å². The fourth-order valence-electron chi connectivity index (χ4n) is 2.90. The average molecular weight is 383 g/mol. The number of aromatic nitrogens is 3. The summed E-state index contributed by atoms with van der Waals surface area (Å²) in [6.45, 7) is 2.95. The Morgan fingerprint density at radius 2 is 2.04 bits per heavy atom. The summed E-state index contributed by atoms with van der Waals surface area (Å²) in [5, 5.41) is 10.3. The van der Waals surface area contributed by atoms with Gasteiger partial charge in [-0.2, -0.15) is 13.2 Å². The Morgan fingerprint density at radius 1 is 1.33 bits per heavy atom. The van der Waals surface area contributed by atoms with Gasteiger partial charge in [-0.05, 0) is 19.4 Å². The molecule has 10 heteroatoms. The summed E-state index contributed by atoms with van der Waals surface area (Å²) in [5.74, 6) is 0.170. The Kier molecular flexibility index (Phi) is 5.09. The van der Waals surface area contributed by atoms with Gasteiger partial charge in [0.2, 0.25) is 0 Å². The lowest BCUT2D eigenvalue weighted by molar-refractivity contribution is -0.267. The summed E-state index contributed by atoms with van der Waals surface area (Å²) in [6, 6.07) is 8.86. The van der Waals surface area contributed by atoms with E-state index in [-0.39, 0.29) is 12.4 Å². The van der Waals surface area contributed by atoms with E-state index in [2.05, 4.69) is 15.6 Å². The summed E-state index contributed by atoms with van der Waals surface area (Å²) in [6.07, 6.45) is -5.05. The minimum Gasteiger partial charge on any atom is -0.359 e. The van der Waals surface area contributed by atoms with Crippen LogP contribution >= 0.6 is 0 Å². The van der Waals surface area contributed by atoms with Crippen LogP contribution in [0.3, 0.4) is 0 Å². The molecule has 1 fully saturated rings. The van der Waals surface area contributed by atoms with E-state index in [1.54, 1.807) is 0 Å². The van der Waals surface area contributed by atoms with Gasteiger partial charge in [0, 0.05) is 0 Å². The quantitative estimate of drug-likeness (QED) is 0.885. The first-order valence-electron chi connectivity index (χ1n) is 8.37. The van der Waals surface area contributed by atoms with E-state index in [1.807, 2.05) is 30.3 Å². The van der Waals surface area contributed by atoms with Crippen LogP contribution in [-0.2, 0) is 11.3 Å². The number of hydrogen-bond acceptors (Lipinski definition) is 4. The van der Waals surface area contributed by atoms with E-state index < -0.39 is 30.5 Å². The third-order valence-corrected chi connectivity index (χ3v) is 4.03. The van der Waals surface area contributed by atoms with Crippen LogP contribution in [0.25, 0.3) is 0 Å². The molecule has 2 heterocycles. The van der Waals surface area contributed by atoms with Gasteiger partial charge < -0.3 is 9.64 Å². The van der Waals surface area contributed by atoms with Crippen molar-refractivity contribution in [1.29, 1.82) is 0 Å². The van der Waals surface area contributed by atoms with Crippen LogP contribution in [0.2, 0.25) is 0 Å². The summed E-state index contributed by atoms with van der Waals surface area (Å²) >= 11 is 0. The molecule has 0 unspecified atom stereocenters. The van der Waals surface area contributed by atoms with E-state index >= 15 is 0 Å². The minimum absolute atomic E-state index is 0.0313. The second-order valence-corrected chi connectivity index (χ2v) is 7.01. The molecule has 1 aliphatic rings. The maximum absolute atomic E-state index is 13.0. The molecular weight excluding hydrogens is 363 g/mol. The second kappa shape index (κ2) is 7.18. The largest absolute Gasteiger partial charge is 0.416 e. The molecule has 27 heavy (non-hydrogen) atoms. The number of carbonyl (C=O) groups excluding carboxylic acids is 1. The third kappa shape index (κ3) is 4.97. The smallest absolute Gasteiger partial charge is 0.359 e. The number of urea groups is 1. The Morgan fingerprint density at radius 3 is 2.70 bits per heavy atom. The fraction of sp³-hybridized carbons (Fsp3) is 0.471. The van der Waals surface area contributed by atoms with E-state index in [4.69, 9.17) is 4.74 Å². The van der Waals surface area contributed by atoms with E-state index in [0.717, 1.165) is 10.5 Å². The van der Waals surface area contributed by atoms with E-state index in [1.165, 1.54) is 24.7 Å². The number of halogens is 3. The highest BCUT2D eigenvalue weighted by Gasteiger charge is 2.49. The molecule has 1 aliphatic heterocycles. The monoisotopic (exact) mass is 383 g/mol. The van der Waals surface area contributed by atoms with Crippen LogP contribution in [0.4, 0.5) is 23.8 Å². The Hall–Kier alpha value is -2.62. The SMILES string of the molecule is CC1(C)CN(C(=O)Nc2cn(Cc3ccccc3)nn2)C[C@H](C(F)(F)F)O1. The zero-order chi connectivity index (χ0) is 19.7. The number of morpholine rings is 1. The average Bonchev–Trinajstić information content (AvgIpc) is 3.00. The molecular formula is C17H20F3N5O2. The van der Waals surface area contributed by atoms with Gasteiger partial charge in [-0.1, -0.05) is 35.5 Å². The van der Waals surface area contributed by atoms with E-state index in [0.29, 0.717) is 6.54 Å². The molecule has 1 aromatic carbocycles. The van der Waals surface area contributed by atoms with Crippen molar-refractivity contribution in [2.75, 3.05) is 18.4 Å². The number of alkyl halides is 3. The molecule has 2 amide bonds. The molecule has 1 N–H and O–H groups in total. The first-order chi connectivity index (χ1) is 12.6. The van der Waals surface area contributed by atoms with Crippen LogP contribution < -0.4 is 5.32 Å². The molecule has 1 saturated heterocycles. The van der Waals surface area contributed by atoms with Crippen LogP contribution in [-0.4, -0.2) is 56.9 Å². The van der Waals surface area contributed by atoms with Crippen molar-refractivity contribution in [1.82, 2.24) is 19.9 Å². The van der Waals surface area contributed by atoms with Crippen molar-refractivity contribution in [3.63, 3.8) is 0 Å². The lowest BCUT2D eigenvalue weighted by Crippen LogP contribution is -2.59. The number of amides is 2. The number of benzene rings is 1. The summed E-state index contributed by atoms with van der Waals surface area (Å²) in [4.78, 5) is 13.5. The van der Waals surface area contributed by atoms with Crippen molar-refractivity contribution >= 4 is 11.8 Å². The normalized spacial score (nSPS) is 19.7. The number of hydrogen-bond donors (Lipinski definition) is 1. The first-order valence-corrected chi connectivity index (χ1v) is 8.37. The fourth-order valence-corrected chi connectivity index (χ4v) is 2.90. The van der Waals surface area contributed by atoms with Crippen LogP contribution in [0.15, 0.2) is 36.5 Å². The van der Waals surface area contributed by atoms with Crippen LogP contribution in [0, 0.1) is 0 Å². The van der Waals surface area contributed by atoms with Crippen molar-refractivity contribution in [2.24, 2.45) is 0 Å². The molecule has 0 bridgehead atoms. The first kappa shape index (κ1) is 19.2. The predicted octanol–water partition coefficient (Wildman–Crippen LogP) is 2.90. The molecule has 1 atom stereocenters. The lowest BCUT2D eigenvalue weighted by Gasteiger charge is -2.42. The topological polar surface area (TPSA) is 72.3 Å². The van der Waals surface area contributed by atoms with Gasteiger partial charge in [-0.15, -0.1) is 5.10 Å². The lowest BCUT2D eigenvalue weighted by atomic mass is 10.1. The maximum Gasteiger partial charge on any atom is 0.416 e. The Labute approximate surface area is 154 Å². The molecule has 7 nitrogen and oxygen atoms in total. The zero-order valence-corrected chi connectivity index (χ0v) is 14.9. The highest BCUT2D eigenvalue weighted by Crippen LogP contribution is 2.31. The van der Waals surface area contributed by atoms with Gasteiger partial charge in [-0.25, -0.2) is 9.48 Å². The highest BCUT2D eigenvalue weighted by atomic mass is 19.4. The van der Waals surface area contributed by atoms with Crippen LogP contribution in [0.5, 0.6) is 0 Å². The van der Waals surface area contributed by atoms with E-state index in [9.17, 15) is 18.0 Å². The molecule has 1 aromatic heterocycles. The van der Waals surface area contributed by atoms with Gasteiger partial charge in [-0.3, -0.25) is 5.32 Å². The predicted molar refractivity (Wildman–Crippen MR) is 91.2 cm³/mol. The maximum atomic E-state index is 13.0. The molecule has 3 rings (SSSR count). The van der Waals surface area contributed by atoms with Gasteiger partial charge >= 0.3 is 12.2 Å². The molecule has 2 aromatic rings. The summed E-state index contributed by atoms with van der Waals surface area (Å²) in [5.41, 5.74) is -0.107. The molecule has 0 radical (unpaired) electrons. The summed E-state index contributed by atoms with van der Waals surface area (Å²) < 4.78 is 45.7. The molecule has 0 aliphatic carbocycles. The number of ether oxygens (including phenoxy) is 1. The highest BCUT2D eigenvalue weighted by molar-refractivity contribution is 5.88. The second-order valence-electron chi connectivity index (χ2n) is 7.01. The summed E-state index contributed by atoms with van der Waals surface area (Å²) in [7, 11) is 0. The Balaban J connectivity index is 1.64. The van der Waals surface area contributed by atoms with Crippen molar-refractivity contribution < 1.29 is 22.7 Å². The molecule has 0 saturated carbocycles. The minimum atomic E-state index is -4.55. The number of nitrogens with one attached hydrogen (secondary N) is 1. The Bertz CT molecular complexity index is 791. The van der Waals surface area contributed by atoms with Gasteiger partial charge in [0.15, 0.2) is 11.9 Å². The molecule has 0 spiro atoms. The van der Waals surface area contributed by atoms with Gasteiger partial charge in [0.25, 0.3) is 0 Å². The van der Waals surface area contributed by atoms with Crippen molar-refractivity contribution in [2.45, 2.75) is 38.3 Å². The molecule has 146 valence electrons. The zero-order valence-electron chi connectivity index (χ0n) is 14.9. The van der Waals surface area contributed by atoms with Gasteiger partial charge in [0.1, 0.15) is 0 Å². The number of rotatable bonds is 3. The standard InChI is InChI=1S/C17H20F3N5O2/c1-16(2)11-24(9-13(27-16)17(18,19)20)15(26)21-14-10-25(23-22-14)8-12-6-4-3-5-7-12/h3-7,10,13H,8-9,11H2,1-2H3,(H,21,26)/t13-/m1/s1. The number of anilines is 1. The van der Waals surface area contributed by atoms with Crippen molar-refractivity contribution in [3.8, 4) is 0 Å². The van der Waals surface area contributed by atoms with Crippen molar-refractivity contribution in [3.05, 3.63) is 42.1 Å². The van der Waals surface area contributed by atoms with Gasteiger partial charge in [0.05, 0.1) is 31.4 Å².